The van der Waals surface area contributed by atoms with E-state index in [1.807, 2.05) is 0 Å². The first-order valence-corrected chi connectivity index (χ1v) is 8.18. The number of amides is 1. The Hall–Kier alpha value is -1.75. The van der Waals surface area contributed by atoms with Gasteiger partial charge >= 0.3 is 5.97 Å². The van der Waals surface area contributed by atoms with Gasteiger partial charge in [0.2, 0.25) is 0 Å². The molecule has 0 aliphatic rings. The van der Waals surface area contributed by atoms with Gasteiger partial charge in [0.05, 0.1) is 16.5 Å². The number of nitrogens with one attached hydrogen (secondary N) is 1. The first-order chi connectivity index (χ1) is 11.3. The third-order valence-electron chi connectivity index (χ3n) is 3.12. The summed E-state index contributed by atoms with van der Waals surface area (Å²) in [5.41, 5.74) is 1.22. The normalized spacial score (nSPS) is 11.7. The van der Waals surface area contributed by atoms with Gasteiger partial charge < -0.3 is 10.1 Å². The zero-order valence-electron chi connectivity index (χ0n) is 12.7. The van der Waals surface area contributed by atoms with Gasteiger partial charge in [-0.05, 0) is 48.9 Å². The van der Waals surface area contributed by atoms with Crippen LogP contribution in [0.4, 0.5) is 5.69 Å². The molecule has 126 valence electrons. The van der Waals surface area contributed by atoms with Crippen LogP contribution in [-0.2, 0) is 20.7 Å². The quantitative estimate of drug-likeness (QED) is 0.754. The fourth-order valence-corrected chi connectivity index (χ4v) is 2.33. The van der Waals surface area contributed by atoms with E-state index in [0.29, 0.717) is 26.3 Å². The standard InChI is InChI=1S/C17H14Cl3NO3/c1-10(17(23)21-13-5-3-12(18)4-6-13)24-16(22)9-11-2-7-14(19)15(20)8-11/h2-8,10H,9H2,1H3,(H,21,23)/t10-/m0/s1. The Labute approximate surface area is 154 Å². The van der Waals surface area contributed by atoms with E-state index in [9.17, 15) is 9.59 Å². The summed E-state index contributed by atoms with van der Waals surface area (Å²) < 4.78 is 5.13. The van der Waals surface area contributed by atoms with E-state index in [0.717, 1.165) is 0 Å². The van der Waals surface area contributed by atoms with Crippen LogP contribution in [0.2, 0.25) is 15.1 Å². The molecule has 24 heavy (non-hydrogen) atoms. The van der Waals surface area contributed by atoms with E-state index >= 15 is 0 Å². The van der Waals surface area contributed by atoms with Crippen LogP contribution >= 0.6 is 34.8 Å². The molecule has 1 amide bonds. The molecule has 2 aromatic rings. The van der Waals surface area contributed by atoms with E-state index in [1.54, 1.807) is 42.5 Å². The summed E-state index contributed by atoms with van der Waals surface area (Å²) in [6.45, 7) is 1.50. The highest BCUT2D eigenvalue weighted by Gasteiger charge is 2.18. The topological polar surface area (TPSA) is 55.4 Å². The largest absolute Gasteiger partial charge is 0.452 e. The number of esters is 1. The summed E-state index contributed by atoms with van der Waals surface area (Å²) in [5, 5.41) is 3.97. The van der Waals surface area contributed by atoms with Crippen molar-refractivity contribution in [3.05, 3.63) is 63.1 Å². The Morgan fingerprint density at radius 1 is 1.04 bits per heavy atom. The van der Waals surface area contributed by atoms with Crippen molar-refractivity contribution in [2.45, 2.75) is 19.4 Å². The van der Waals surface area contributed by atoms with Crippen molar-refractivity contribution in [2.24, 2.45) is 0 Å². The molecule has 0 aliphatic heterocycles. The van der Waals surface area contributed by atoms with Crippen molar-refractivity contribution in [3.8, 4) is 0 Å². The Morgan fingerprint density at radius 2 is 1.71 bits per heavy atom. The van der Waals surface area contributed by atoms with Crippen molar-refractivity contribution in [2.75, 3.05) is 5.32 Å². The zero-order chi connectivity index (χ0) is 17.7. The molecule has 1 atom stereocenters. The van der Waals surface area contributed by atoms with E-state index < -0.39 is 18.0 Å². The van der Waals surface area contributed by atoms with Crippen molar-refractivity contribution in [1.29, 1.82) is 0 Å². The third kappa shape index (κ3) is 5.41. The van der Waals surface area contributed by atoms with E-state index in [-0.39, 0.29) is 6.42 Å². The summed E-state index contributed by atoms with van der Waals surface area (Å²) in [6.07, 6.45) is -0.939. The lowest BCUT2D eigenvalue weighted by atomic mass is 10.1. The van der Waals surface area contributed by atoms with Gasteiger partial charge in [-0.2, -0.15) is 0 Å². The maximum atomic E-state index is 12.0. The highest BCUT2D eigenvalue weighted by Crippen LogP contribution is 2.23. The molecule has 7 heteroatoms. The third-order valence-corrected chi connectivity index (χ3v) is 4.11. The van der Waals surface area contributed by atoms with Crippen LogP contribution in [0, 0.1) is 0 Å². The molecule has 4 nitrogen and oxygen atoms in total. The SMILES string of the molecule is C[C@H](OC(=O)Cc1ccc(Cl)c(Cl)c1)C(=O)Nc1ccc(Cl)cc1. The molecule has 2 rings (SSSR count). The lowest BCUT2D eigenvalue weighted by Crippen LogP contribution is -2.30. The van der Waals surface area contributed by atoms with Gasteiger partial charge in [0.15, 0.2) is 6.10 Å². The highest BCUT2D eigenvalue weighted by molar-refractivity contribution is 6.42. The van der Waals surface area contributed by atoms with Crippen molar-refractivity contribution >= 4 is 52.4 Å². The first-order valence-electron chi connectivity index (χ1n) is 7.05. The Balaban J connectivity index is 1.89. The summed E-state index contributed by atoms with van der Waals surface area (Å²) in [7, 11) is 0. The number of hydrogen-bond acceptors (Lipinski definition) is 3. The van der Waals surface area contributed by atoms with Crippen LogP contribution in [0.1, 0.15) is 12.5 Å². The molecule has 0 heterocycles. The maximum Gasteiger partial charge on any atom is 0.311 e. The molecule has 0 aliphatic carbocycles. The van der Waals surface area contributed by atoms with Gasteiger partial charge in [0, 0.05) is 10.7 Å². The van der Waals surface area contributed by atoms with Crippen molar-refractivity contribution in [3.63, 3.8) is 0 Å². The van der Waals surface area contributed by atoms with Gasteiger partial charge in [0.1, 0.15) is 0 Å². The fraction of sp³-hybridized carbons (Fsp3) is 0.176. The lowest BCUT2D eigenvalue weighted by Gasteiger charge is -2.13. The second kappa shape index (κ2) is 8.38. The van der Waals surface area contributed by atoms with Gasteiger partial charge in [0.25, 0.3) is 5.91 Å². The second-order valence-electron chi connectivity index (χ2n) is 5.05. The summed E-state index contributed by atoms with van der Waals surface area (Å²) in [6, 6.07) is 11.5. The number of benzene rings is 2. The number of ether oxygens (including phenoxy) is 1. The van der Waals surface area contributed by atoms with Crippen LogP contribution in [0.25, 0.3) is 0 Å². The number of hydrogen-bond donors (Lipinski definition) is 1. The molecule has 0 unspecified atom stereocenters. The molecular formula is C17H14Cl3NO3. The second-order valence-corrected chi connectivity index (χ2v) is 6.30. The first kappa shape index (κ1) is 18.6. The number of rotatable bonds is 5. The van der Waals surface area contributed by atoms with Crippen molar-refractivity contribution < 1.29 is 14.3 Å². The Kier molecular flexibility index (Phi) is 6.49. The summed E-state index contributed by atoms with van der Waals surface area (Å²) in [4.78, 5) is 23.9. The minimum Gasteiger partial charge on any atom is -0.452 e. The molecule has 0 saturated carbocycles. The molecule has 2 aromatic carbocycles. The summed E-state index contributed by atoms with van der Waals surface area (Å²) in [5.74, 6) is -0.966. The molecule has 0 radical (unpaired) electrons. The number of halogens is 3. The highest BCUT2D eigenvalue weighted by atomic mass is 35.5. The molecule has 0 bridgehead atoms. The molecule has 0 aromatic heterocycles. The number of carbonyl (C=O) groups excluding carboxylic acids is 2. The predicted octanol–water partition coefficient (Wildman–Crippen LogP) is 4.76. The van der Waals surface area contributed by atoms with Crippen LogP contribution in [0.5, 0.6) is 0 Å². The lowest BCUT2D eigenvalue weighted by molar-refractivity contribution is -0.152. The average molecular weight is 387 g/mol. The number of carbonyl (C=O) groups is 2. The molecule has 0 spiro atoms. The van der Waals surface area contributed by atoms with Crippen LogP contribution in [0.3, 0.4) is 0 Å². The van der Waals surface area contributed by atoms with Gasteiger partial charge in [-0.1, -0.05) is 40.9 Å². The predicted molar refractivity (Wildman–Crippen MR) is 95.8 cm³/mol. The van der Waals surface area contributed by atoms with Crippen LogP contribution in [-0.4, -0.2) is 18.0 Å². The molecule has 0 fully saturated rings. The Morgan fingerprint density at radius 3 is 2.33 bits per heavy atom. The summed E-state index contributed by atoms with van der Waals surface area (Å²) >= 11 is 17.5. The minimum atomic E-state index is -0.934. The van der Waals surface area contributed by atoms with Crippen LogP contribution in [0.15, 0.2) is 42.5 Å². The molecule has 0 saturated heterocycles. The van der Waals surface area contributed by atoms with E-state index in [2.05, 4.69) is 5.32 Å². The van der Waals surface area contributed by atoms with E-state index in [4.69, 9.17) is 39.5 Å². The molecule has 1 N–H and O–H groups in total. The fourth-order valence-electron chi connectivity index (χ4n) is 1.89. The van der Waals surface area contributed by atoms with Crippen LogP contribution < -0.4 is 5.32 Å². The monoisotopic (exact) mass is 385 g/mol. The van der Waals surface area contributed by atoms with E-state index in [1.165, 1.54) is 6.92 Å². The van der Waals surface area contributed by atoms with Crippen molar-refractivity contribution in [1.82, 2.24) is 0 Å². The minimum absolute atomic E-state index is 0.00451. The average Bonchev–Trinajstić information content (AvgIpc) is 2.53. The van der Waals surface area contributed by atoms with Gasteiger partial charge in [-0.25, -0.2) is 0 Å². The van der Waals surface area contributed by atoms with Gasteiger partial charge in [-0.3, -0.25) is 9.59 Å². The zero-order valence-corrected chi connectivity index (χ0v) is 15.0. The maximum absolute atomic E-state index is 12.0. The Bertz CT molecular complexity index is 747. The number of anilines is 1. The smallest absolute Gasteiger partial charge is 0.311 e. The molecular weight excluding hydrogens is 373 g/mol. The van der Waals surface area contributed by atoms with Gasteiger partial charge in [-0.15, -0.1) is 0 Å².